The highest BCUT2D eigenvalue weighted by molar-refractivity contribution is 5.78. The maximum Gasteiger partial charge on any atom is 0.229 e. The van der Waals surface area contributed by atoms with Crippen LogP contribution in [0.2, 0.25) is 0 Å². The Morgan fingerprint density at radius 3 is 2.83 bits per heavy atom. The Morgan fingerprint density at radius 2 is 2.03 bits per heavy atom. The second-order valence-corrected chi connectivity index (χ2v) is 8.65. The fourth-order valence-corrected chi connectivity index (χ4v) is 5.08. The Hall–Kier alpha value is -3.07. The third-order valence-electron chi connectivity index (χ3n) is 6.55. The summed E-state index contributed by atoms with van der Waals surface area (Å²) in [7, 11) is 1.82. The van der Waals surface area contributed by atoms with Crippen molar-refractivity contribution in [2.24, 2.45) is 5.41 Å². The fourth-order valence-electron chi connectivity index (χ4n) is 5.08. The second-order valence-electron chi connectivity index (χ2n) is 8.65. The van der Waals surface area contributed by atoms with Crippen LogP contribution in [0.3, 0.4) is 0 Å². The van der Waals surface area contributed by atoms with E-state index in [9.17, 15) is 0 Å². The molecule has 29 heavy (non-hydrogen) atoms. The Balaban J connectivity index is 1.33. The van der Waals surface area contributed by atoms with E-state index in [1.54, 1.807) is 10.8 Å². The van der Waals surface area contributed by atoms with E-state index in [1.807, 2.05) is 44.1 Å². The van der Waals surface area contributed by atoms with Crippen LogP contribution in [0.1, 0.15) is 30.5 Å². The number of anilines is 2. The first-order valence-electron chi connectivity index (χ1n) is 9.81. The Labute approximate surface area is 167 Å². The minimum atomic E-state index is 0.136. The summed E-state index contributed by atoms with van der Waals surface area (Å²) in [5, 5.41) is 13.3. The van der Waals surface area contributed by atoms with Crippen LogP contribution in [-0.4, -0.2) is 47.1 Å². The number of nitrogens with zero attached hydrogens (tertiary/aromatic N) is 7. The first-order chi connectivity index (χ1) is 14.0. The summed E-state index contributed by atoms with van der Waals surface area (Å²) in [5.74, 6) is 0.548. The molecular formula is C20H22N8O. The van der Waals surface area contributed by atoms with Crippen molar-refractivity contribution in [3.8, 4) is 0 Å². The summed E-state index contributed by atoms with van der Waals surface area (Å²) in [6.45, 7) is 4.91. The van der Waals surface area contributed by atoms with Crippen molar-refractivity contribution in [1.82, 2.24) is 34.3 Å². The van der Waals surface area contributed by atoms with Gasteiger partial charge in [0, 0.05) is 19.9 Å². The number of rotatable bonds is 5. The summed E-state index contributed by atoms with van der Waals surface area (Å²) in [6, 6.07) is 1.98. The van der Waals surface area contributed by atoms with Gasteiger partial charge in [-0.25, -0.2) is 19.2 Å². The number of fused-ring (bicyclic) bond motifs is 2. The van der Waals surface area contributed by atoms with Gasteiger partial charge in [0.1, 0.15) is 6.33 Å². The topological polar surface area (TPSA) is 95.0 Å². The van der Waals surface area contributed by atoms with Crippen LogP contribution in [-0.2, 0) is 11.3 Å². The molecule has 0 unspecified atom stereocenters. The van der Waals surface area contributed by atoms with Gasteiger partial charge in [-0.3, -0.25) is 0 Å². The smallest absolute Gasteiger partial charge is 0.229 e. The van der Waals surface area contributed by atoms with E-state index in [1.165, 1.54) is 0 Å². The molecule has 148 valence electrons. The molecule has 3 aliphatic carbocycles. The van der Waals surface area contributed by atoms with E-state index in [0.29, 0.717) is 11.4 Å². The average molecular weight is 390 g/mol. The van der Waals surface area contributed by atoms with Crippen LogP contribution in [0.5, 0.6) is 0 Å². The molecule has 0 aromatic carbocycles. The molecule has 9 heteroatoms. The molecule has 0 saturated heterocycles. The summed E-state index contributed by atoms with van der Waals surface area (Å²) < 4.78 is 9.42. The van der Waals surface area contributed by atoms with Crippen molar-refractivity contribution in [3.05, 3.63) is 36.0 Å². The molecule has 0 aliphatic heterocycles. The third-order valence-corrected chi connectivity index (χ3v) is 6.55. The van der Waals surface area contributed by atoms with Crippen molar-refractivity contribution in [2.75, 3.05) is 12.4 Å². The average Bonchev–Trinajstić information content (AvgIpc) is 3.21. The fraction of sp³-hybridized carbons (Fsp3) is 0.450. The number of hydrogen-bond acceptors (Lipinski definition) is 7. The van der Waals surface area contributed by atoms with Crippen LogP contribution in [0.25, 0.3) is 16.7 Å². The highest BCUT2D eigenvalue weighted by Crippen LogP contribution is 2.69. The molecule has 2 bridgehead atoms. The normalized spacial score (nSPS) is 25.2. The van der Waals surface area contributed by atoms with Gasteiger partial charge in [0.15, 0.2) is 11.3 Å². The summed E-state index contributed by atoms with van der Waals surface area (Å²) in [5.41, 5.74) is 5.04. The van der Waals surface area contributed by atoms with Crippen molar-refractivity contribution < 1.29 is 4.74 Å². The maximum absolute atomic E-state index is 5.64. The predicted octanol–water partition coefficient (Wildman–Crippen LogP) is 2.80. The van der Waals surface area contributed by atoms with Crippen molar-refractivity contribution in [3.63, 3.8) is 0 Å². The standard InChI is InChI=1S/C20H22N8O/c1-12-4-16-22-11-23-27(16)6-15(12)24-18-21-5-14-13(2)26-28(17(14)25-18)10-19-7-20(8-19,9-19)29-3/h4-6,11H,7-10H2,1-3H3,(H,21,24,25). The number of aromatic nitrogens is 7. The van der Waals surface area contributed by atoms with E-state index >= 15 is 0 Å². The van der Waals surface area contributed by atoms with E-state index in [2.05, 4.69) is 20.4 Å². The maximum atomic E-state index is 5.64. The van der Waals surface area contributed by atoms with E-state index < -0.39 is 0 Å². The molecule has 9 nitrogen and oxygen atoms in total. The Kier molecular flexibility index (Phi) is 3.20. The number of pyridine rings is 1. The van der Waals surface area contributed by atoms with Crippen LogP contribution in [0.15, 0.2) is 24.8 Å². The Morgan fingerprint density at radius 1 is 1.21 bits per heavy atom. The molecule has 4 heterocycles. The molecule has 0 amide bonds. The number of ether oxygens (including phenoxy) is 1. The number of nitrogens with one attached hydrogen (secondary N) is 1. The van der Waals surface area contributed by atoms with Gasteiger partial charge in [0.05, 0.1) is 28.6 Å². The molecule has 3 aliphatic rings. The van der Waals surface area contributed by atoms with Gasteiger partial charge in [0.2, 0.25) is 5.95 Å². The lowest BCUT2D eigenvalue weighted by molar-refractivity contribution is -0.279. The SMILES string of the molecule is COC12CC(Cn3nc(C)c4cnc(Nc5cn6ncnc6cc5C)nc43)(C1)C2. The van der Waals surface area contributed by atoms with E-state index in [0.717, 1.165) is 59.4 Å². The first kappa shape index (κ1) is 16.8. The number of methoxy groups -OCH3 is 1. The molecular weight excluding hydrogens is 368 g/mol. The molecule has 7 rings (SSSR count). The van der Waals surface area contributed by atoms with Gasteiger partial charge < -0.3 is 10.1 Å². The number of aryl methyl sites for hydroxylation is 2. The number of hydrogen-bond donors (Lipinski definition) is 1. The zero-order valence-electron chi connectivity index (χ0n) is 16.7. The van der Waals surface area contributed by atoms with Crippen molar-refractivity contribution >= 4 is 28.3 Å². The van der Waals surface area contributed by atoms with Crippen LogP contribution in [0.4, 0.5) is 11.6 Å². The molecule has 0 radical (unpaired) electrons. The lowest BCUT2D eigenvalue weighted by Gasteiger charge is -2.69. The van der Waals surface area contributed by atoms with Crippen molar-refractivity contribution in [1.29, 1.82) is 0 Å². The van der Waals surface area contributed by atoms with Gasteiger partial charge in [-0.1, -0.05) is 0 Å². The van der Waals surface area contributed by atoms with Crippen LogP contribution >= 0.6 is 0 Å². The molecule has 3 saturated carbocycles. The first-order valence-corrected chi connectivity index (χ1v) is 9.81. The molecule has 3 fully saturated rings. The van der Waals surface area contributed by atoms with Gasteiger partial charge in [-0.15, -0.1) is 0 Å². The van der Waals surface area contributed by atoms with Crippen LogP contribution in [0, 0.1) is 19.3 Å². The molecule has 0 atom stereocenters. The Bertz CT molecular complexity index is 1250. The van der Waals surface area contributed by atoms with E-state index in [4.69, 9.17) is 14.8 Å². The summed E-state index contributed by atoms with van der Waals surface area (Å²) in [4.78, 5) is 13.5. The van der Waals surface area contributed by atoms with Gasteiger partial charge in [-0.2, -0.15) is 15.2 Å². The van der Waals surface area contributed by atoms with E-state index in [-0.39, 0.29) is 5.60 Å². The minimum Gasteiger partial charge on any atom is -0.378 e. The van der Waals surface area contributed by atoms with Gasteiger partial charge >= 0.3 is 0 Å². The second kappa shape index (κ2) is 5.50. The molecule has 4 aromatic heterocycles. The van der Waals surface area contributed by atoms with Gasteiger partial charge in [0.25, 0.3) is 0 Å². The zero-order chi connectivity index (χ0) is 19.8. The highest BCUT2D eigenvalue weighted by atomic mass is 16.5. The minimum absolute atomic E-state index is 0.136. The summed E-state index contributed by atoms with van der Waals surface area (Å²) >= 11 is 0. The monoisotopic (exact) mass is 390 g/mol. The molecule has 0 spiro atoms. The van der Waals surface area contributed by atoms with Gasteiger partial charge in [-0.05, 0) is 50.2 Å². The zero-order valence-corrected chi connectivity index (χ0v) is 16.7. The summed E-state index contributed by atoms with van der Waals surface area (Å²) in [6.07, 6.45) is 8.64. The molecule has 1 N–H and O–H groups in total. The highest BCUT2D eigenvalue weighted by Gasteiger charge is 2.68. The molecule has 4 aromatic rings. The third kappa shape index (κ3) is 2.40. The quantitative estimate of drug-likeness (QED) is 0.560. The van der Waals surface area contributed by atoms with Crippen LogP contribution < -0.4 is 5.32 Å². The van der Waals surface area contributed by atoms with Crippen molar-refractivity contribution in [2.45, 2.75) is 45.3 Å². The predicted molar refractivity (Wildman–Crippen MR) is 107 cm³/mol. The lowest BCUT2D eigenvalue weighted by Crippen LogP contribution is -2.69. The lowest BCUT2D eigenvalue weighted by atomic mass is 9.41. The largest absolute Gasteiger partial charge is 0.378 e.